The van der Waals surface area contributed by atoms with Crippen molar-refractivity contribution in [1.82, 2.24) is 9.88 Å². The van der Waals surface area contributed by atoms with Crippen LogP contribution in [0.15, 0.2) is 89.7 Å². The van der Waals surface area contributed by atoms with Gasteiger partial charge in [-0.1, -0.05) is 60.7 Å². The van der Waals surface area contributed by atoms with E-state index in [2.05, 4.69) is 5.32 Å². The molecule has 5 nitrogen and oxygen atoms in total. The lowest BCUT2D eigenvalue weighted by Crippen LogP contribution is -2.34. The van der Waals surface area contributed by atoms with E-state index in [1.165, 1.54) is 16.7 Å². The molecule has 0 unspecified atom stereocenters. The van der Waals surface area contributed by atoms with Gasteiger partial charge in [-0.2, -0.15) is 5.26 Å². The lowest BCUT2D eigenvalue weighted by Gasteiger charge is -2.06. The van der Waals surface area contributed by atoms with E-state index in [1.807, 2.05) is 42.5 Å². The van der Waals surface area contributed by atoms with Crippen molar-refractivity contribution in [2.75, 3.05) is 6.54 Å². The number of amides is 1. The Kier molecular flexibility index (Phi) is 7.11. The van der Waals surface area contributed by atoms with Crippen LogP contribution in [0.3, 0.4) is 0 Å². The van der Waals surface area contributed by atoms with E-state index < -0.39 is 5.91 Å². The second-order valence-electron chi connectivity index (χ2n) is 7.42. The topological polar surface area (TPSA) is 74.9 Å². The fourth-order valence-corrected chi connectivity index (χ4v) is 4.52. The Morgan fingerprint density at radius 2 is 1.65 bits per heavy atom. The van der Waals surface area contributed by atoms with Gasteiger partial charge in [0.25, 0.3) is 11.5 Å². The number of hydrogen-bond acceptors (Lipinski definition) is 4. The SMILES string of the molecule is N#CC(C(=O)NCCc1ccccc1)=c1sc(=Cc2ccc(F)cc2)c(=O)n1-c1ccccc1. The summed E-state index contributed by atoms with van der Waals surface area (Å²) in [4.78, 5) is 26.3. The number of aromatic nitrogens is 1. The van der Waals surface area contributed by atoms with E-state index in [1.54, 1.807) is 42.5 Å². The lowest BCUT2D eigenvalue weighted by atomic mass is 10.1. The molecule has 0 atom stereocenters. The summed E-state index contributed by atoms with van der Waals surface area (Å²) in [5.41, 5.74) is 1.74. The van der Waals surface area contributed by atoms with E-state index in [0.717, 1.165) is 16.9 Å². The highest BCUT2D eigenvalue weighted by molar-refractivity contribution is 7.07. The highest BCUT2D eigenvalue weighted by atomic mass is 32.1. The Morgan fingerprint density at radius 3 is 2.29 bits per heavy atom. The first-order valence-corrected chi connectivity index (χ1v) is 11.4. The maximum atomic E-state index is 13.3. The summed E-state index contributed by atoms with van der Waals surface area (Å²) in [5, 5.41) is 12.6. The predicted molar refractivity (Wildman–Crippen MR) is 131 cm³/mol. The van der Waals surface area contributed by atoms with Gasteiger partial charge in [0.05, 0.1) is 10.2 Å². The van der Waals surface area contributed by atoms with Gasteiger partial charge in [0.2, 0.25) is 0 Å². The van der Waals surface area contributed by atoms with Crippen molar-refractivity contribution >= 4 is 28.9 Å². The van der Waals surface area contributed by atoms with Gasteiger partial charge in [-0.05, 0) is 47.9 Å². The molecule has 0 aliphatic rings. The van der Waals surface area contributed by atoms with Crippen molar-refractivity contribution in [2.24, 2.45) is 0 Å². The van der Waals surface area contributed by atoms with Crippen molar-refractivity contribution in [1.29, 1.82) is 5.26 Å². The van der Waals surface area contributed by atoms with Gasteiger partial charge in [-0.25, -0.2) is 4.39 Å². The standard InChI is InChI=1S/C27H20FN3O2S/c28-21-13-11-20(12-14-21)17-24-26(33)31(22-9-5-2-6-10-22)27(34-24)23(18-29)25(32)30-16-15-19-7-3-1-4-8-19/h1-14,17H,15-16H2,(H,30,32). The molecule has 0 saturated carbocycles. The normalized spacial score (nSPS) is 12.2. The first-order valence-electron chi connectivity index (χ1n) is 10.6. The van der Waals surface area contributed by atoms with Crippen LogP contribution in [0.4, 0.5) is 4.39 Å². The van der Waals surface area contributed by atoms with E-state index in [-0.39, 0.29) is 21.6 Å². The monoisotopic (exact) mass is 469 g/mol. The van der Waals surface area contributed by atoms with Crippen LogP contribution >= 0.6 is 11.3 Å². The van der Waals surface area contributed by atoms with E-state index >= 15 is 0 Å². The average Bonchev–Trinajstić information content (AvgIpc) is 3.17. The molecule has 34 heavy (non-hydrogen) atoms. The van der Waals surface area contributed by atoms with Gasteiger partial charge < -0.3 is 5.32 Å². The molecule has 0 aliphatic carbocycles. The summed E-state index contributed by atoms with van der Waals surface area (Å²) in [6, 6.07) is 26.3. The molecule has 0 radical (unpaired) electrons. The number of carbonyl (C=O) groups is 1. The van der Waals surface area contributed by atoms with Gasteiger partial charge in [-0.3, -0.25) is 14.2 Å². The number of rotatable bonds is 6. The molecule has 7 heteroatoms. The average molecular weight is 470 g/mol. The molecule has 0 bridgehead atoms. The number of hydrogen-bond donors (Lipinski definition) is 1. The van der Waals surface area contributed by atoms with Crippen LogP contribution in [0.25, 0.3) is 17.3 Å². The van der Waals surface area contributed by atoms with Crippen LogP contribution in [0, 0.1) is 17.1 Å². The molecular weight excluding hydrogens is 449 g/mol. The van der Waals surface area contributed by atoms with Crippen LogP contribution in [0.5, 0.6) is 0 Å². The van der Waals surface area contributed by atoms with E-state index in [4.69, 9.17) is 0 Å². The molecule has 1 amide bonds. The number of halogens is 1. The second kappa shape index (κ2) is 10.6. The molecule has 0 fully saturated rings. The third-order valence-electron chi connectivity index (χ3n) is 5.10. The molecule has 1 aromatic heterocycles. The van der Waals surface area contributed by atoms with Crippen LogP contribution in [-0.4, -0.2) is 17.0 Å². The summed E-state index contributed by atoms with van der Waals surface area (Å²) in [6.07, 6.45) is 2.24. The number of carbonyl (C=O) groups excluding carboxylic acids is 1. The van der Waals surface area contributed by atoms with Gasteiger partial charge in [0.15, 0.2) is 5.57 Å². The Morgan fingerprint density at radius 1 is 1.00 bits per heavy atom. The summed E-state index contributed by atoms with van der Waals surface area (Å²) in [6.45, 7) is 0.351. The van der Waals surface area contributed by atoms with Crippen molar-refractivity contribution < 1.29 is 9.18 Å². The van der Waals surface area contributed by atoms with E-state index in [0.29, 0.717) is 28.7 Å². The first-order chi connectivity index (χ1) is 16.6. The zero-order valence-corrected chi connectivity index (χ0v) is 18.9. The molecule has 4 rings (SSSR count). The van der Waals surface area contributed by atoms with Crippen molar-refractivity contribution in [3.8, 4) is 11.8 Å². The molecule has 0 saturated heterocycles. The number of thiazole rings is 1. The summed E-state index contributed by atoms with van der Waals surface area (Å²) in [7, 11) is 0. The number of nitrogens with zero attached hydrogens (tertiary/aromatic N) is 2. The maximum absolute atomic E-state index is 13.3. The molecule has 1 N–H and O–H groups in total. The minimum absolute atomic E-state index is 0.141. The second-order valence-corrected chi connectivity index (χ2v) is 8.45. The number of nitrogens with one attached hydrogen (secondary N) is 1. The smallest absolute Gasteiger partial charge is 0.273 e. The molecule has 3 aromatic carbocycles. The quantitative estimate of drug-likeness (QED) is 0.472. The van der Waals surface area contributed by atoms with Gasteiger partial charge in [-0.15, -0.1) is 11.3 Å². The van der Waals surface area contributed by atoms with Crippen molar-refractivity contribution in [3.05, 3.63) is 121 Å². The van der Waals surface area contributed by atoms with Crippen LogP contribution in [0.1, 0.15) is 11.1 Å². The van der Waals surface area contributed by atoms with Gasteiger partial charge >= 0.3 is 0 Å². The molecule has 4 aromatic rings. The minimum Gasteiger partial charge on any atom is -0.351 e. The van der Waals surface area contributed by atoms with Crippen LogP contribution in [0.2, 0.25) is 0 Å². The summed E-state index contributed by atoms with van der Waals surface area (Å²) < 4.78 is 15.2. The molecule has 0 aliphatic heterocycles. The highest BCUT2D eigenvalue weighted by Gasteiger charge is 2.16. The van der Waals surface area contributed by atoms with E-state index in [9.17, 15) is 19.2 Å². The third-order valence-corrected chi connectivity index (χ3v) is 6.19. The largest absolute Gasteiger partial charge is 0.351 e. The number of nitriles is 1. The highest BCUT2D eigenvalue weighted by Crippen LogP contribution is 2.06. The minimum atomic E-state index is -0.544. The Hall–Kier alpha value is -4.28. The maximum Gasteiger partial charge on any atom is 0.273 e. The summed E-state index contributed by atoms with van der Waals surface area (Å²) >= 11 is 1.05. The van der Waals surface area contributed by atoms with Crippen LogP contribution < -0.4 is 20.1 Å². The fraction of sp³-hybridized carbons (Fsp3) is 0.0741. The molecule has 168 valence electrons. The molecular formula is C27H20FN3O2S. The Bertz CT molecular complexity index is 1520. The van der Waals surface area contributed by atoms with Crippen LogP contribution in [-0.2, 0) is 11.2 Å². The summed E-state index contributed by atoms with van der Waals surface area (Å²) in [5.74, 6) is -0.921. The van der Waals surface area contributed by atoms with Gasteiger partial charge in [0.1, 0.15) is 16.5 Å². The Balaban J connectivity index is 1.79. The Labute approximate surface area is 199 Å². The van der Waals surface area contributed by atoms with Crippen molar-refractivity contribution in [2.45, 2.75) is 6.42 Å². The predicted octanol–water partition coefficient (Wildman–Crippen LogP) is 2.90. The molecule has 1 heterocycles. The van der Waals surface area contributed by atoms with Gasteiger partial charge in [0, 0.05) is 6.54 Å². The zero-order chi connectivity index (χ0) is 23.9. The number of benzene rings is 3. The fourth-order valence-electron chi connectivity index (χ4n) is 3.42. The van der Waals surface area contributed by atoms with Crippen molar-refractivity contribution in [3.63, 3.8) is 0 Å². The lowest BCUT2D eigenvalue weighted by molar-refractivity contribution is -0.115. The molecule has 0 spiro atoms. The number of para-hydroxylation sites is 1. The zero-order valence-electron chi connectivity index (χ0n) is 18.1. The first kappa shape index (κ1) is 22.9. The third kappa shape index (κ3) is 5.20.